The molecular weight excluding hydrogens is 363 g/mol. The molecule has 28 heavy (non-hydrogen) atoms. The number of carbonyl (C=O) groups is 2. The minimum Gasteiger partial charge on any atom is -1.00 e. The first-order valence-corrected chi connectivity index (χ1v) is 11.0. The van der Waals surface area contributed by atoms with E-state index in [0.29, 0.717) is 6.42 Å². The molecule has 0 aromatic heterocycles. The van der Waals surface area contributed by atoms with Gasteiger partial charge >= 0.3 is 41.5 Å². The van der Waals surface area contributed by atoms with Crippen molar-refractivity contribution in [3.05, 3.63) is 12.7 Å². The Kier molecular flexibility index (Phi) is 21.3. The standard InChI is InChI=1S/C23H42O4.Na.H/c1-3-5-6-7-8-9-10-11-12-13-14-15-16-17-19-23(18-4-2,22(26)27)20-21(24)25;;/h4H,2-3,5-20H2,1H3,(H,24,25)(H,26,27);;/q;+1;-1. The summed E-state index contributed by atoms with van der Waals surface area (Å²) in [6.07, 6.45) is 19.3. The van der Waals surface area contributed by atoms with E-state index in [9.17, 15) is 14.7 Å². The van der Waals surface area contributed by atoms with Gasteiger partial charge in [-0.05, 0) is 12.8 Å². The molecule has 0 spiro atoms. The molecule has 0 saturated heterocycles. The maximum Gasteiger partial charge on any atom is 1.00 e. The first kappa shape index (κ1) is 29.9. The summed E-state index contributed by atoms with van der Waals surface area (Å²) in [5.74, 6) is -2.07. The Bertz CT molecular complexity index is 418. The molecule has 0 fully saturated rings. The van der Waals surface area contributed by atoms with E-state index in [0.717, 1.165) is 19.3 Å². The van der Waals surface area contributed by atoms with Gasteiger partial charge in [0.05, 0.1) is 11.8 Å². The van der Waals surface area contributed by atoms with Crippen molar-refractivity contribution in [2.45, 2.75) is 116 Å². The summed E-state index contributed by atoms with van der Waals surface area (Å²) < 4.78 is 0. The zero-order valence-corrected chi connectivity index (χ0v) is 20.5. The van der Waals surface area contributed by atoms with E-state index < -0.39 is 17.4 Å². The van der Waals surface area contributed by atoms with E-state index in [-0.39, 0.29) is 43.8 Å². The van der Waals surface area contributed by atoms with Crippen molar-refractivity contribution in [3.63, 3.8) is 0 Å². The van der Waals surface area contributed by atoms with Gasteiger partial charge in [0.2, 0.25) is 0 Å². The van der Waals surface area contributed by atoms with Crippen LogP contribution >= 0.6 is 0 Å². The number of rotatable bonds is 20. The van der Waals surface area contributed by atoms with E-state index in [1.807, 2.05) is 0 Å². The average Bonchev–Trinajstić information content (AvgIpc) is 2.61. The van der Waals surface area contributed by atoms with Gasteiger partial charge in [-0.2, -0.15) is 0 Å². The number of carboxylic acids is 2. The molecule has 0 aliphatic heterocycles. The molecule has 0 radical (unpaired) electrons. The van der Waals surface area contributed by atoms with Crippen molar-refractivity contribution in [2.24, 2.45) is 5.41 Å². The molecule has 0 aromatic rings. The van der Waals surface area contributed by atoms with Crippen LogP contribution in [-0.2, 0) is 9.59 Å². The van der Waals surface area contributed by atoms with Gasteiger partial charge in [0.15, 0.2) is 0 Å². The number of allylic oxidation sites excluding steroid dienone is 1. The smallest absolute Gasteiger partial charge is 1.00 e. The summed E-state index contributed by atoms with van der Waals surface area (Å²) >= 11 is 0. The number of carboxylic acid groups (broad SMARTS) is 2. The zero-order chi connectivity index (χ0) is 20.4. The molecule has 2 N–H and O–H groups in total. The molecule has 4 nitrogen and oxygen atoms in total. The van der Waals surface area contributed by atoms with Crippen LogP contribution in [0.4, 0.5) is 0 Å². The summed E-state index contributed by atoms with van der Waals surface area (Å²) in [5, 5.41) is 18.5. The number of hydrogen-bond acceptors (Lipinski definition) is 2. The van der Waals surface area contributed by atoms with E-state index in [2.05, 4.69) is 13.5 Å². The molecular formula is C23H43NaO4. The van der Waals surface area contributed by atoms with Crippen LogP contribution < -0.4 is 29.6 Å². The molecule has 0 amide bonds. The third-order valence-electron chi connectivity index (χ3n) is 5.49. The second kappa shape index (κ2) is 20.0. The van der Waals surface area contributed by atoms with E-state index >= 15 is 0 Å². The van der Waals surface area contributed by atoms with Gasteiger partial charge in [-0.25, -0.2) is 0 Å². The molecule has 0 aliphatic carbocycles. The largest absolute Gasteiger partial charge is 1.00 e. The van der Waals surface area contributed by atoms with Gasteiger partial charge in [0, 0.05) is 0 Å². The molecule has 0 rings (SSSR count). The molecule has 1 atom stereocenters. The predicted molar refractivity (Wildman–Crippen MR) is 113 cm³/mol. The van der Waals surface area contributed by atoms with E-state index in [4.69, 9.17) is 5.11 Å². The minimum atomic E-state index is -1.19. The van der Waals surface area contributed by atoms with Crippen LogP contribution in [0.2, 0.25) is 0 Å². The maximum atomic E-state index is 11.6. The summed E-state index contributed by atoms with van der Waals surface area (Å²) in [6.45, 7) is 5.85. The van der Waals surface area contributed by atoms with Crippen molar-refractivity contribution in [3.8, 4) is 0 Å². The second-order valence-corrected chi connectivity index (χ2v) is 7.99. The number of aliphatic carboxylic acids is 2. The van der Waals surface area contributed by atoms with Crippen molar-refractivity contribution >= 4 is 11.9 Å². The van der Waals surface area contributed by atoms with Gasteiger partial charge in [-0.1, -0.05) is 103 Å². The quantitative estimate of drug-likeness (QED) is 0.181. The van der Waals surface area contributed by atoms with Crippen LogP contribution in [0.25, 0.3) is 0 Å². The molecule has 0 aromatic carbocycles. The summed E-state index contributed by atoms with van der Waals surface area (Å²) in [7, 11) is 0. The van der Waals surface area contributed by atoms with E-state index in [1.165, 1.54) is 76.7 Å². The monoisotopic (exact) mass is 406 g/mol. The SMILES string of the molecule is C=CCC(CCCCCCCCCCCCCCCC)(CC(=O)O)C(=O)O.[H-].[Na+]. The van der Waals surface area contributed by atoms with Crippen molar-refractivity contribution in [1.29, 1.82) is 0 Å². The summed E-state index contributed by atoms with van der Waals surface area (Å²) in [5.41, 5.74) is -1.19. The Labute approximate surface area is 196 Å². The Morgan fingerprint density at radius 3 is 1.54 bits per heavy atom. The van der Waals surface area contributed by atoms with Gasteiger partial charge < -0.3 is 11.6 Å². The van der Waals surface area contributed by atoms with Crippen molar-refractivity contribution < 1.29 is 50.8 Å². The van der Waals surface area contributed by atoms with Crippen molar-refractivity contribution in [1.82, 2.24) is 0 Å². The third-order valence-corrected chi connectivity index (χ3v) is 5.49. The fraction of sp³-hybridized carbons (Fsp3) is 0.826. The molecule has 0 aliphatic rings. The molecule has 160 valence electrons. The Morgan fingerprint density at radius 2 is 1.21 bits per heavy atom. The molecule has 5 heteroatoms. The zero-order valence-electron chi connectivity index (χ0n) is 19.5. The predicted octanol–water partition coefficient (Wildman–Crippen LogP) is 4.10. The molecule has 0 saturated carbocycles. The van der Waals surface area contributed by atoms with Gasteiger partial charge in [0.25, 0.3) is 0 Å². The van der Waals surface area contributed by atoms with E-state index in [1.54, 1.807) is 0 Å². The van der Waals surface area contributed by atoms with Gasteiger partial charge in [-0.15, -0.1) is 6.58 Å². The van der Waals surface area contributed by atoms with Crippen LogP contribution in [0.15, 0.2) is 12.7 Å². The maximum absolute atomic E-state index is 11.6. The first-order chi connectivity index (χ1) is 13.0. The summed E-state index contributed by atoms with van der Waals surface area (Å²) in [6, 6.07) is 0. The van der Waals surface area contributed by atoms with Gasteiger partial charge in [0.1, 0.15) is 0 Å². The molecule has 1 unspecified atom stereocenters. The number of unbranched alkanes of at least 4 members (excludes halogenated alkanes) is 13. The molecule has 0 bridgehead atoms. The molecule has 0 heterocycles. The summed E-state index contributed by atoms with van der Waals surface area (Å²) in [4.78, 5) is 22.6. The average molecular weight is 407 g/mol. The van der Waals surface area contributed by atoms with Crippen LogP contribution in [0.5, 0.6) is 0 Å². The normalized spacial score (nSPS) is 12.8. The van der Waals surface area contributed by atoms with Crippen LogP contribution in [0.3, 0.4) is 0 Å². The Hall–Kier alpha value is -0.320. The minimum absolute atomic E-state index is 0. The van der Waals surface area contributed by atoms with Crippen LogP contribution in [0.1, 0.15) is 118 Å². The van der Waals surface area contributed by atoms with Crippen molar-refractivity contribution in [2.75, 3.05) is 0 Å². The first-order valence-electron chi connectivity index (χ1n) is 11.0. The topological polar surface area (TPSA) is 74.6 Å². The number of hydrogen-bond donors (Lipinski definition) is 2. The van der Waals surface area contributed by atoms with Crippen LogP contribution in [0, 0.1) is 5.41 Å². The Balaban J connectivity index is -0.00000338. The van der Waals surface area contributed by atoms with Crippen LogP contribution in [-0.4, -0.2) is 22.2 Å². The second-order valence-electron chi connectivity index (χ2n) is 7.99. The fourth-order valence-electron chi connectivity index (χ4n) is 3.76. The Morgan fingerprint density at radius 1 is 0.821 bits per heavy atom. The fourth-order valence-corrected chi connectivity index (χ4v) is 3.76. The van der Waals surface area contributed by atoms with Gasteiger partial charge in [-0.3, -0.25) is 9.59 Å². The third kappa shape index (κ3) is 15.6.